The average molecular weight is 581 g/mol. The molecule has 11 nitrogen and oxygen atoms in total. The molecule has 2 amide bonds. The highest BCUT2D eigenvalue weighted by Gasteiger charge is 2.33. The van der Waals surface area contributed by atoms with Crippen LogP contribution in [-0.4, -0.2) is 89.2 Å². The average Bonchev–Trinajstić information content (AvgIpc) is 3.77. The van der Waals surface area contributed by atoms with Gasteiger partial charge in [-0.25, -0.2) is 14.6 Å². The van der Waals surface area contributed by atoms with Gasteiger partial charge in [-0.1, -0.05) is 6.07 Å². The fourth-order valence-corrected chi connectivity index (χ4v) is 5.17. The minimum Gasteiger partial charge on any atom is -0.464 e. The third-order valence-electron chi connectivity index (χ3n) is 7.47. The van der Waals surface area contributed by atoms with Crippen LogP contribution in [0.15, 0.2) is 24.4 Å². The van der Waals surface area contributed by atoms with E-state index in [-0.39, 0.29) is 35.5 Å². The molecule has 2 aromatic heterocycles. The van der Waals surface area contributed by atoms with Gasteiger partial charge in [0.1, 0.15) is 5.60 Å². The topological polar surface area (TPSA) is 126 Å². The van der Waals surface area contributed by atoms with Crippen LogP contribution in [0.2, 0.25) is 0 Å². The van der Waals surface area contributed by atoms with Crippen LogP contribution in [0, 0.1) is 6.92 Å². The molecule has 1 unspecified atom stereocenters. The lowest BCUT2D eigenvalue weighted by molar-refractivity contribution is 0.00104. The SMILES string of the molecule is CCNC(=O)c1nc(C(=O)OC)c(C)cc1NC(CN1CCN(C(=O)OC(C)(C)C)[C@H](C)C1)c1ccc(C2CC2)cn1. The Morgan fingerprint density at radius 1 is 1.14 bits per heavy atom. The number of nitrogens with one attached hydrogen (secondary N) is 2. The Labute approximate surface area is 248 Å². The van der Waals surface area contributed by atoms with E-state index < -0.39 is 11.6 Å². The van der Waals surface area contributed by atoms with E-state index in [0.29, 0.717) is 49.9 Å². The van der Waals surface area contributed by atoms with Crippen LogP contribution in [0.4, 0.5) is 10.5 Å². The fraction of sp³-hybridized carbons (Fsp3) is 0.581. The van der Waals surface area contributed by atoms with Crippen molar-refractivity contribution in [2.75, 3.05) is 45.2 Å². The van der Waals surface area contributed by atoms with Gasteiger partial charge in [0.2, 0.25) is 0 Å². The quantitative estimate of drug-likeness (QED) is 0.418. The maximum absolute atomic E-state index is 13.1. The van der Waals surface area contributed by atoms with Gasteiger partial charge in [0.25, 0.3) is 5.91 Å². The molecule has 2 N–H and O–H groups in total. The summed E-state index contributed by atoms with van der Waals surface area (Å²) in [7, 11) is 1.29. The number of amides is 2. The maximum Gasteiger partial charge on any atom is 0.410 e. The van der Waals surface area contributed by atoms with Crippen molar-refractivity contribution in [3.05, 3.63) is 52.6 Å². The number of hydrogen-bond donors (Lipinski definition) is 2. The summed E-state index contributed by atoms with van der Waals surface area (Å²) in [5.41, 5.74) is 2.82. The maximum atomic E-state index is 13.1. The number of esters is 1. The number of rotatable bonds is 9. The first kappa shape index (κ1) is 31.2. The number of aromatic nitrogens is 2. The highest BCUT2D eigenvalue weighted by atomic mass is 16.6. The molecular weight excluding hydrogens is 536 g/mol. The largest absolute Gasteiger partial charge is 0.464 e. The molecule has 2 fully saturated rings. The Morgan fingerprint density at radius 3 is 2.45 bits per heavy atom. The van der Waals surface area contributed by atoms with E-state index in [1.165, 1.54) is 25.5 Å². The highest BCUT2D eigenvalue weighted by molar-refractivity contribution is 6.00. The van der Waals surface area contributed by atoms with Gasteiger partial charge in [0.05, 0.1) is 24.5 Å². The van der Waals surface area contributed by atoms with E-state index in [0.717, 1.165) is 5.69 Å². The first-order valence-electron chi connectivity index (χ1n) is 14.7. The van der Waals surface area contributed by atoms with Gasteiger partial charge in [0, 0.05) is 45.0 Å². The van der Waals surface area contributed by atoms with Gasteiger partial charge in [0.15, 0.2) is 11.4 Å². The molecule has 1 saturated heterocycles. The second kappa shape index (κ2) is 13.1. The van der Waals surface area contributed by atoms with Gasteiger partial charge < -0.3 is 25.0 Å². The smallest absolute Gasteiger partial charge is 0.410 e. The zero-order valence-electron chi connectivity index (χ0n) is 25.8. The van der Waals surface area contributed by atoms with Crippen LogP contribution in [0.3, 0.4) is 0 Å². The normalized spacial score (nSPS) is 18.3. The summed E-state index contributed by atoms with van der Waals surface area (Å²) in [4.78, 5) is 51.5. The molecular formula is C31H44N6O5. The molecule has 2 aliphatic rings. The number of anilines is 1. The number of hydrogen-bond acceptors (Lipinski definition) is 9. The highest BCUT2D eigenvalue weighted by Crippen LogP contribution is 2.40. The van der Waals surface area contributed by atoms with Gasteiger partial charge in [-0.3, -0.25) is 14.7 Å². The summed E-state index contributed by atoms with van der Waals surface area (Å²) >= 11 is 0. The van der Waals surface area contributed by atoms with Crippen molar-refractivity contribution in [1.29, 1.82) is 0 Å². The number of carbonyl (C=O) groups excluding carboxylic acids is 3. The van der Waals surface area contributed by atoms with E-state index in [9.17, 15) is 14.4 Å². The van der Waals surface area contributed by atoms with Crippen molar-refractivity contribution in [1.82, 2.24) is 25.1 Å². The number of piperazine rings is 1. The molecule has 4 rings (SSSR count). The minimum absolute atomic E-state index is 0.0476. The van der Waals surface area contributed by atoms with Gasteiger partial charge in [-0.05, 0) is 83.6 Å². The summed E-state index contributed by atoms with van der Waals surface area (Å²) < 4.78 is 10.5. The lowest BCUT2D eigenvalue weighted by Gasteiger charge is -2.41. The van der Waals surface area contributed by atoms with Crippen LogP contribution >= 0.6 is 0 Å². The van der Waals surface area contributed by atoms with E-state index in [1.54, 1.807) is 17.9 Å². The second-order valence-corrected chi connectivity index (χ2v) is 12.2. The summed E-state index contributed by atoms with van der Waals surface area (Å²) in [5.74, 6) is -0.405. The van der Waals surface area contributed by atoms with Crippen molar-refractivity contribution in [3.8, 4) is 0 Å². The molecule has 0 aromatic carbocycles. The molecule has 11 heteroatoms. The van der Waals surface area contributed by atoms with Crippen LogP contribution in [0.25, 0.3) is 0 Å². The monoisotopic (exact) mass is 580 g/mol. The molecule has 0 spiro atoms. The van der Waals surface area contributed by atoms with E-state index in [2.05, 4.69) is 26.6 Å². The number of ether oxygens (including phenoxy) is 2. The minimum atomic E-state index is -0.602. The first-order valence-corrected chi connectivity index (χ1v) is 14.7. The summed E-state index contributed by atoms with van der Waals surface area (Å²) in [6.45, 7) is 14.1. The lowest BCUT2D eigenvalue weighted by Crippen LogP contribution is -2.55. The number of carbonyl (C=O) groups is 3. The first-order chi connectivity index (χ1) is 19.9. The molecule has 42 heavy (non-hydrogen) atoms. The third kappa shape index (κ3) is 7.76. The summed E-state index contributed by atoms with van der Waals surface area (Å²) in [5, 5.41) is 6.33. The van der Waals surface area contributed by atoms with Crippen molar-refractivity contribution in [2.24, 2.45) is 0 Å². The van der Waals surface area contributed by atoms with Gasteiger partial charge >= 0.3 is 12.1 Å². The fourth-order valence-electron chi connectivity index (χ4n) is 5.17. The molecule has 0 radical (unpaired) electrons. The Kier molecular flexibility index (Phi) is 9.71. The van der Waals surface area contributed by atoms with Gasteiger partial charge in [-0.15, -0.1) is 0 Å². The zero-order valence-corrected chi connectivity index (χ0v) is 25.8. The van der Waals surface area contributed by atoms with Crippen LogP contribution in [0.1, 0.15) is 97.2 Å². The molecule has 3 heterocycles. The molecule has 0 bridgehead atoms. The Balaban J connectivity index is 1.61. The number of methoxy groups -OCH3 is 1. The molecule has 1 aliphatic carbocycles. The zero-order chi connectivity index (χ0) is 30.6. The summed E-state index contributed by atoms with van der Waals surface area (Å²) in [6.07, 6.45) is 4.02. The van der Waals surface area contributed by atoms with E-state index in [4.69, 9.17) is 14.5 Å². The van der Waals surface area contributed by atoms with Crippen molar-refractivity contribution >= 4 is 23.7 Å². The van der Waals surface area contributed by atoms with Crippen LogP contribution in [-0.2, 0) is 9.47 Å². The molecule has 1 aliphatic heterocycles. The molecule has 1 saturated carbocycles. The van der Waals surface area contributed by atoms with Crippen LogP contribution in [0.5, 0.6) is 0 Å². The number of pyridine rings is 2. The summed E-state index contributed by atoms with van der Waals surface area (Å²) in [6, 6.07) is 5.59. The predicted octanol–water partition coefficient (Wildman–Crippen LogP) is 4.29. The molecule has 228 valence electrons. The van der Waals surface area contributed by atoms with Crippen LogP contribution < -0.4 is 10.6 Å². The van der Waals surface area contributed by atoms with Crippen molar-refractivity contribution in [3.63, 3.8) is 0 Å². The number of aryl methyl sites for hydroxylation is 1. The Morgan fingerprint density at radius 2 is 1.88 bits per heavy atom. The van der Waals surface area contributed by atoms with Crippen molar-refractivity contribution < 1.29 is 23.9 Å². The molecule has 2 atom stereocenters. The molecule has 2 aromatic rings. The Hall–Kier alpha value is -3.73. The van der Waals surface area contributed by atoms with E-state index in [1.807, 2.05) is 46.9 Å². The standard InChI is InChI=1S/C31H44N6O5/c1-8-32-28(38)27-24(15-19(2)26(35-27)29(39)41-7)34-25(23-12-11-22(16-33-23)21-9-10-21)18-36-13-14-37(20(3)17-36)30(40)42-31(4,5)6/h11-12,15-16,20-21,25,34H,8-10,13-14,17-18H2,1-7H3,(H,32,38)/t20-,25?/m1/s1. The lowest BCUT2D eigenvalue weighted by atomic mass is 10.1. The van der Waals surface area contributed by atoms with E-state index >= 15 is 0 Å². The van der Waals surface area contributed by atoms with Crippen molar-refractivity contribution in [2.45, 2.75) is 78.0 Å². The number of nitrogens with zero attached hydrogens (tertiary/aromatic N) is 4. The third-order valence-corrected chi connectivity index (χ3v) is 7.47. The predicted molar refractivity (Wildman–Crippen MR) is 160 cm³/mol. The second-order valence-electron chi connectivity index (χ2n) is 12.2. The van der Waals surface area contributed by atoms with Gasteiger partial charge in [-0.2, -0.15) is 0 Å². The Bertz CT molecular complexity index is 1290.